The Morgan fingerprint density at radius 2 is 1.81 bits per heavy atom. The Kier molecular flexibility index (Phi) is 5.56. The highest BCUT2D eigenvalue weighted by Crippen LogP contribution is 2.30. The molecule has 0 spiro atoms. The predicted molar refractivity (Wildman–Crippen MR) is 57.1 cm³/mol. The molecule has 0 aromatic heterocycles. The van der Waals surface area contributed by atoms with Crippen molar-refractivity contribution >= 4 is 11.6 Å². The predicted octanol–water partition coefficient (Wildman–Crippen LogP) is 3.69. The summed E-state index contributed by atoms with van der Waals surface area (Å²) in [6.07, 6.45) is -4.38. The van der Waals surface area contributed by atoms with Gasteiger partial charge >= 0.3 is 6.18 Å². The summed E-state index contributed by atoms with van der Waals surface area (Å²) in [5.41, 5.74) is -0.629. The average Bonchev–Trinajstić information content (AvgIpc) is 2.19. The highest BCUT2D eigenvalue weighted by Gasteiger charge is 2.30. The third-order valence-electron chi connectivity index (χ3n) is 1.51. The van der Waals surface area contributed by atoms with Crippen LogP contribution in [0, 0.1) is 0 Å². The molecule has 0 saturated carbocycles. The van der Waals surface area contributed by atoms with Crippen LogP contribution >= 0.6 is 0 Å². The molecule has 0 aliphatic rings. The van der Waals surface area contributed by atoms with Crippen LogP contribution in [0.5, 0.6) is 0 Å². The van der Waals surface area contributed by atoms with Gasteiger partial charge in [-0.05, 0) is 18.2 Å². The van der Waals surface area contributed by atoms with Crippen molar-refractivity contribution in [3.8, 4) is 0 Å². The molecule has 90 valence electrons. The molecule has 0 radical (unpaired) electrons. The first kappa shape index (κ1) is 14.5. The van der Waals surface area contributed by atoms with E-state index in [2.05, 4.69) is 5.32 Å². The summed E-state index contributed by atoms with van der Waals surface area (Å²) in [6.45, 7) is 5.24. The van der Waals surface area contributed by atoms with Crippen molar-refractivity contribution in [3.63, 3.8) is 0 Å². The number of nitrogens with one attached hydrogen (secondary N) is 1. The van der Waals surface area contributed by atoms with E-state index in [1.807, 2.05) is 13.8 Å². The molecule has 16 heavy (non-hydrogen) atoms. The normalized spacial score (nSPS) is 10.1. The van der Waals surface area contributed by atoms with Crippen molar-refractivity contribution in [2.45, 2.75) is 26.9 Å². The fourth-order valence-electron chi connectivity index (χ4n) is 0.977. The van der Waals surface area contributed by atoms with Crippen LogP contribution in [-0.2, 0) is 11.0 Å². The number of alkyl halides is 3. The van der Waals surface area contributed by atoms with E-state index in [0.717, 1.165) is 12.1 Å². The van der Waals surface area contributed by atoms with Crippen LogP contribution in [0.25, 0.3) is 0 Å². The zero-order valence-corrected chi connectivity index (χ0v) is 9.35. The third-order valence-corrected chi connectivity index (χ3v) is 1.51. The van der Waals surface area contributed by atoms with Crippen LogP contribution in [0.15, 0.2) is 24.3 Å². The van der Waals surface area contributed by atoms with Gasteiger partial charge in [0.05, 0.1) is 5.56 Å². The van der Waals surface area contributed by atoms with E-state index in [9.17, 15) is 18.0 Å². The topological polar surface area (TPSA) is 29.1 Å². The van der Waals surface area contributed by atoms with E-state index in [0.29, 0.717) is 0 Å². The third kappa shape index (κ3) is 4.82. The lowest BCUT2D eigenvalue weighted by molar-refractivity contribution is -0.137. The number of benzene rings is 1. The van der Waals surface area contributed by atoms with Crippen molar-refractivity contribution < 1.29 is 18.0 Å². The molecule has 0 saturated heterocycles. The highest BCUT2D eigenvalue weighted by molar-refractivity contribution is 5.88. The fraction of sp³-hybridized carbons (Fsp3) is 0.364. The van der Waals surface area contributed by atoms with Crippen LogP contribution in [0.3, 0.4) is 0 Å². The molecule has 1 amide bonds. The molecule has 1 aromatic rings. The molecule has 5 heteroatoms. The quantitative estimate of drug-likeness (QED) is 0.787. The van der Waals surface area contributed by atoms with Crippen molar-refractivity contribution in [2.24, 2.45) is 0 Å². The number of anilines is 1. The summed E-state index contributed by atoms with van der Waals surface area (Å²) < 4.78 is 36.6. The van der Waals surface area contributed by atoms with Gasteiger partial charge in [-0.2, -0.15) is 13.2 Å². The van der Waals surface area contributed by atoms with E-state index in [-0.39, 0.29) is 5.69 Å². The first-order valence-electron chi connectivity index (χ1n) is 4.84. The molecule has 0 bridgehead atoms. The molecule has 0 fully saturated rings. The number of carbonyl (C=O) groups is 1. The smallest absolute Gasteiger partial charge is 0.326 e. The lowest BCUT2D eigenvalue weighted by atomic mass is 10.2. The van der Waals surface area contributed by atoms with Crippen LogP contribution < -0.4 is 5.32 Å². The van der Waals surface area contributed by atoms with Crippen LogP contribution in [0.2, 0.25) is 0 Å². The van der Waals surface area contributed by atoms with Crippen molar-refractivity contribution in [3.05, 3.63) is 29.8 Å². The molecule has 0 unspecified atom stereocenters. The second-order valence-electron chi connectivity index (χ2n) is 2.76. The first-order valence-corrected chi connectivity index (χ1v) is 4.84. The van der Waals surface area contributed by atoms with E-state index in [1.54, 1.807) is 0 Å². The number of hydrogen-bond acceptors (Lipinski definition) is 1. The van der Waals surface area contributed by atoms with E-state index in [1.165, 1.54) is 19.1 Å². The maximum Gasteiger partial charge on any atom is 0.416 e. The van der Waals surface area contributed by atoms with Crippen molar-refractivity contribution in [1.82, 2.24) is 0 Å². The molecule has 0 heterocycles. The van der Waals surface area contributed by atoms with E-state index in [4.69, 9.17) is 0 Å². The van der Waals surface area contributed by atoms with Crippen LogP contribution in [-0.4, -0.2) is 5.91 Å². The zero-order chi connectivity index (χ0) is 12.8. The maximum absolute atomic E-state index is 12.2. The maximum atomic E-state index is 12.2. The molecule has 0 aliphatic heterocycles. The van der Waals surface area contributed by atoms with Crippen molar-refractivity contribution in [2.75, 3.05) is 5.32 Å². The molecule has 0 atom stereocenters. The van der Waals surface area contributed by atoms with Crippen molar-refractivity contribution in [1.29, 1.82) is 0 Å². The van der Waals surface area contributed by atoms with Gasteiger partial charge in [0.1, 0.15) is 0 Å². The number of halogens is 3. The van der Waals surface area contributed by atoms with Crippen LogP contribution in [0.4, 0.5) is 18.9 Å². The Labute approximate surface area is 92.5 Å². The minimum Gasteiger partial charge on any atom is -0.326 e. The monoisotopic (exact) mass is 233 g/mol. The summed E-state index contributed by atoms with van der Waals surface area (Å²) in [5, 5.41) is 2.28. The Hall–Kier alpha value is -1.52. The van der Waals surface area contributed by atoms with Gasteiger partial charge in [-0.3, -0.25) is 4.79 Å². The SMILES string of the molecule is CC.CC(=O)Nc1cccc(C(F)(F)F)c1. The number of amides is 1. The molecule has 1 aromatic carbocycles. The lowest BCUT2D eigenvalue weighted by Gasteiger charge is -2.08. The summed E-state index contributed by atoms with van der Waals surface area (Å²) in [6, 6.07) is 4.48. The number of hydrogen-bond donors (Lipinski definition) is 1. The summed E-state index contributed by atoms with van der Waals surface area (Å²) in [7, 11) is 0. The fourth-order valence-corrected chi connectivity index (χ4v) is 0.977. The van der Waals surface area contributed by atoms with Gasteiger partial charge in [0.2, 0.25) is 5.91 Å². The van der Waals surface area contributed by atoms with Gasteiger partial charge in [0.15, 0.2) is 0 Å². The second-order valence-corrected chi connectivity index (χ2v) is 2.76. The first-order chi connectivity index (χ1) is 7.39. The molecule has 2 nitrogen and oxygen atoms in total. The van der Waals surface area contributed by atoms with Gasteiger partial charge in [0.25, 0.3) is 0 Å². The molecule has 1 N–H and O–H groups in total. The van der Waals surface area contributed by atoms with Gasteiger partial charge in [0, 0.05) is 12.6 Å². The van der Waals surface area contributed by atoms with E-state index < -0.39 is 17.6 Å². The number of rotatable bonds is 1. The van der Waals surface area contributed by atoms with Crippen LogP contribution in [0.1, 0.15) is 26.3 Å². The molecular formula is C11H14F3NO. The number of carbonyl (C=O) groups excluding carboxylic acids is 1. The summed E-state index contributed by atoms with van der Waals surface area (Å²) in [4.78, 5) is 10.6. The molecular weight excluding hydrogens is 219 g/mol. The Morgan fingerprint density at radius 3 is 2.25 bits per heavy atom. The van der Waals surface area contributed by atoms with Gasteiger partial charge < -0.3 is 5.32 Å². The average molecular weight is 233 g/mol. The Balaban J connectivity index is 0.00000106. The van der Waals surface area contributed by atoms with Gasteiger partial charge in [-0.1, -0.05) is 19.9 Å². The largest absolute Gasteiger partial charge is 0.416 e. The Bertz CT molecular complexity index is 347. The molecule has 0 aliphatic carbocycles. The zero-order valence-electron chi connectivity index (χ0n) is 9.35. The lowest BCUT2D eigenvalue weighted by Crippen LogP contribution is -2.09. The summed E-state index contributed by atoms with van der Waals surface area (Å²) >= 11 is 0. The van der Waals surface area contributed by atoms with Gasteiger partial charge in [-0.15, -0.1) is 0 Å². The minimum atomic E-state index is -4.38. The standard InChI is InChI=1S/C9H8F3NO.C2H6/c1-6(14)13-8-4-2-3-7(5-8)9(10,11)12;1-2/h2-5H,1H3,(H,13,14);1-2H3. The van der Waals surface area contributed by atoms with Gasteiger partial charge in [-0.25, -0.2) is 0 Å². The summed E-state index contributed by atoms with van der Waals surface area (Å²) in [5.74, 6) is -0.399. The molecule has 1 rings (SSSR count). The second kappa shape index (κ2) is 6.15. The Morgan fingerprint density at radius 1 is 1.25 bits per heavy atom. The van der Waals surface area contributed by atoms with E-state index >= 15 is 0 Å². The minimum absolute atomic E-state index is 0.146. The highest BCUT2D eigenvalue weighted by atomic mass is 19.4.